The van der Waals surface area contributed by atoms with Crippen molar-refractivity contribution < 1.29 is 19.1 Å². The SMILES string of the molecule is CC(C)(NC(=O)C=Cc1ccc(F)cc1)C(=O)O. The van der Waals surface area contributed by atoms with Crippen LogP contribution >= 0.6 is 0 Å². The van der Waals surface area contributed by atoms with Crippen LogP contribution in [0.1, 0.15) is 19.4 Å². The third-order valence-electron chi connectivity index (χ3n) is 2.27. The van der Waals surface area contributed by atoms with Gasteiger partial charge in [0.25, 0.3) is 0 Å². The van der Waals surface area contributed by atoms with Gasteiger partial charge in [0.2, 0.25) is 5.91 Å². The molecule has 96 valence electrons. The Morgan fingerprint density at radius 3 is 2.33 bits per heavy atom. The number of nitrogens with one attached hydrogen (secondary N) is 1. The molecule has 0 aliphatic rings. The summed E-state index contributed by atoms with van der Waals surface area (Å²) >= 11 is 0. The molecule has 1 amide bonds. The van der Waals surface area contributed by atoms with E-state index in [1.807, 2.05) is 0 Å². The first-order chi connectivity index (χ1) is 8.31. The number of carbonyl (C=O) groups is 2. The van der Waals surface area contributed by atoms with Crippen molar-refractivity contribution in [1.29, 1.82) is 0 Å². The molecular formula is C13H14FNO3. The number of amides is 1. The average Bonchev–Trinajstić information content (AvgIpc) is 2.27. The van der Waals surface area contributed by atoms with Gasteiger partial charge in [-0.2, -0.15) is 0 Å². The molecule has 1 aromatic rings. The Hall–Kier alpha value is -2.17. The zero-order valence-electron chi connectivity index (χ0n) is 10.1. The van der Waals surface area contributed by atoms with Gasteiger partial charge in [-0.15, -0.1) is 0 Å². The number of carboxylic acids is 1. The van der Waals surface area contributed by atoms with E-state index in [1.54, 1.807) is 0 Å². The highest BCUT2D eigenvalue weighted by Gasteiger charge is 2.27. The maximum Gasteiger partial charge on any atom is 0.328 e. The lowest BCUT2D eigenvalue weighted by Crippen LogP contribution is -2.49. The Kier molecular flexibility index (Phi) is 4.20. The normalized spacial score (nSPS) is 11.5. The van der Waals surface area contributed by atoms with Crippen LogP contribution in [0.25, 0.3) is 6.08 Å². The molecule has 1 aromatic carbocycles. The van der Waals surface area contributed by atoms with Crippen LogP contribution in [-0.2, 0) is 9.59 Å². The number of benzene rings is 1. The minimum Gasteiger partial charge on any atom is -0.480 e. The van der Waals surface area contributed by atoms with Gasteiger partial charge in [0.1, 0.15) is 11.4 Å². The molecule has 0 fully saturated rings. The van der Waals surface area contributed by atoms with Gasteiger partial charge in [0, 0.05) is 6.08 Å². The van der Waals surface area contributed by atoms with Crippen molar-refractivity contribution in [3.8, 4) is 0 Å². The number of rotatable bonds is 4. The lowest BCUT2D eigenvalue weighted by molar-refractivity contribution is -0.145. The number of carbonyl (C=O) groups excluding carboxylic acids is 1. The minimum atomic E-state index is -1.33. The van der Waals surface area contributed by atoms with E-state index in [0.29, 0.717) is 5.56 Å². The number of carboxylic acid groups (broad SMARTS) is 1. The molecule has 0 saturated carbocycles. The molecule has 18 heavy (non-hydrogen) atoms. The van der Waals surface area contributed by atoms with Crippen LogP contribution in [-0.4, -0.2) is 22.5 Å². The molecule has 0 aliphatic carbocycles. The fraction of sp³-hybridized carbons (Fsp3) is 0.231. The summed E-state index contributed by atoms with van der Waals surface area (Å²) in [5.41, 5.74) is -0.677. The number of halogens is 1. The number of hydrogen-bond donors (Lipinski definition) is 2. The van der Waals surface area contributed by atoms with Crippen molar-refractivity contribution in [3.05, 3.63) is 41.7 Å². The number of hydrogen-bond acceptors (Lipinski definition) is 2. The third kappa shape index (κ3) is 4.01. The molecule has 4 nitrogen and oxygen atoms in total. The maximum atomic E-state index is 12.6. The van der Waals surface area contributed by atoms with E-state index in [2.05, 4.69) is 5.32 Å². The molecule has 0 heterocycles. The van der Waals surface area contributed by atoms with Gasteiger partial charge in [-0.05, 0) is 37.6 Å². The molecule has 0 saturated heterocycles. The maximum absolute atomic E-state index is 12.6. The Morgan fingerprint density at radius 1 is 1.28 bits per heavy atom. The zero-order chi connectivity index (χ0) is 13.8. The van der Waals surface area contributed by atoms with E-state index in [-0.39, 0.29) is 5.82 Å². The van der Waals surface area contributed by atoms with Crippen molar-refractivity contribution >= 4 is 18.0 Å². The smallest absolute Gasteiger partial charge is 0.328 e. The second-order valence-corrected chi connectivity index (χ2v) is 4.30. The molecule has 5 heteroatoms. The quantitative estimate of drug-likeness (QED) is 0.802. The molecular weight excluding hydrogens is 237 g/mol. The van der Waals surface area contributed by atoms with Crippen molar-refractivity contribution in [3.63, 3.8) is 0 Å². The van der Waals surface area contributed by atoms with Gasteiger partial charge in [-0.3, -0.25) is 4.79 Å². The first kappa shape index (κ1) is 13.9. The van der Waals surface area contributed by atoms with Crippen molar-refractivity contribution in [1.82, 2.24) is 5.32 Å². The summed E-state index contributed by atoms with van der Waals surface area (Å²) in [4.78, 5) is 22.3. The van der Waals surface area contributed by atoms with Gasteiger partial charge in [0.15, 0.2) is 0 Å². The molecule has 1 rings (SSSR count). The van der Waals surface area contributed by atoms with E-state index in [1.165, 1.54) is 50.3 Å². The topological polar surface area (TPSA) is 66.4 Å². The third-order valence-corrected chi connectivity index (χ3v) is 2.27. The van der Waals surface area contributed by atoms with Crippen LogP contribution < -0.4 is 5.32 Å². The highest BCUT2D eigenvalue weighted by Crippen LogP contribution is 2.05. The lowest BCUT2D eigenvalue weighted by Gasteiger charge is -2.19. The van der Waals surface area contributed by atoms with Gasteiger partial charge < -0.3 is 10.4 Å². The molecule has 0 aliphatic heterocycles. The van der Waals surface area contributed by atoms with E-state index in [0.717, 1.165) is 0 Å². The summed E-state index contributed by atoms with van der Waals surface area (Å²) in [7, 11) is 0. The average molecular weight is 251 g/mol. The van der Waals surface area contributed by atoms with Gasteiger partial charge >= 0.3 is 5.97 Å². The van der Waals surface area contributed by atoms with E-state index in [4.69, 9.17) is 5.11 Å². The fourth-order valence-corrected chi connectivity index (χ4v) is 1.15. The highest BCUT2D eigenvalue weighted by molar-refractivity contribution is 5.95. The molecule has 0 spiro atoms. The Morgan fingerprint density at radius 2 is 1.83 bits per heavy atom. The lowest BCUT2D eigenvalue weighted by atomic mass is 10.1. The predicted octanol–water partition coefficient (Wildman–Crippen LogP) is 1.82. The molecule has 0 bridgehead atoms. The minimum absolute atomic E-state index is 0.358. The van der Waals surface area contributed by atoms with Gasteiger partial charge in [-0.1, -0.05) is 12.1 Å². The van der Waals surface area contributed by atoms with Crippen molar-refractivity contribution in [2.24, 2.45) is 0 Å². The summed E-state index contributed by atoms with van der Waals surface area (Å²) in [6.07, 6.45) is 2.69. The van der Waals surface area contributed by atoms with Gasteiger partial charge in [0.05, 0.1) is 0 Å². The predicted molar refractivity (Wildman–Crippen MR) is 65.3 cm³/mol. The van der Waals surface area contributed by atoms with Crippen molar-refractivity contribution in [2.75, 3.05) is 0 Å². The summed E-state index contributed by atoms with van der Waals surface area (Å²) < 4.78 is 12.6. The van der Waals surface area contributed by atoms with E-state index >= 15 is 0 Å². The highest BCUT2D eigenvalue weighted by atomic mass is 19.1. The monoisotopic (exact) mass is 251 g/mol. The summed E-state index contributed by atoms with van der Waals surface area (Å²) in [6, 6.07) is 5.58. The summed E-state index contributed by atoms with van der Waals surface area (Å²) in [6.45, 7) is 2.78. The van der Waals surface area contributed by atoms with Crippen molar-refractivity contribution in [2.45, 2.75) is 19.4 Å². The van der Waals surface area contributed by atoms with Gasteiger partial charge in [-0.25, -0.2) is 9.18 Å². The second kappa shape index (κ2) is 5.44. The molecule has 0 radical (unpaired) electrons. The first-order valence-electron chi connectivity index (χ1n) is 5.30. The van der Waals surface area contributed by atoms with Crippen LogP contribution in [0.2, 0.25) is 0 Å². The van der Waals surface area contributed by atoms with Crippen LogP contribution in [0.4, 0.5) is 4.39 Å². The fourth-order valence-electron chi connectivity index (χ4n) is 1.15. The van der Waals surface area contributed by atoms with Crippen LogP contribution in [0.15, 0.2) is 30.3 Å². The van der Waals surface area contributed by atoms with Crippen LogP contribution in [0.5, 0.6) is 0 Å². The van der Waals surface area contributed by atoms with Crippen LogP contribution in [0.3, 0.4) is 0 Å². The first-order valence-corrected chi connectivity index (χ1v) is 5.30. The molecule has 0 atom stereocenters. The van der Waals surface area contributed by atoms with Crippen LogP contribution in [0, 0.1) is 5.82 Å². The zero-order valence-corrected chi connectivity index (χ0v) is 10.1. The van der Waals surface area contributed by atoms with E-state index < -0.39 is 17.4 Å². The summed E-state index contributed by atoms with van der Waals surface area (Å²) in [5, 5.41) is 11.2. The molecule has 2 N–H and O–H groups in total. The molecule has 0 unspecified atom stereocenters. The summed E-state index contributed by atoms with van der Waals surface area (Å²) in [5.74, 6) is -2.00. The standard InChI is InChI=1S/C13H14FNO3/c1-13(2,12(17)18)15-11(16)8-5-9-3-6-10(14)7-4-9/h3-8H,1-2H3,(H,15,16)(H,17,18). The number of aliphatic carboxylic acids is 1. The largest absolute Gasteiger partial charge is 0.480 e. The Bertz CT molecular complexity index is 478. The van der Waals surface area contributed by atoms with E-state index in [9.17, 15) is 14.0 Å². The Balaban J connectivity index is 2.65. The molecule has 0 aromatic heterocycles. The second-order valence-electron chi connectivity index (χ2n) is 4.30. The Labute approximate surface area is 104 Å².